The molecule has 1 aromatic heterocycles. The Morgan fingerprint density at radius 1 is 1.50 bits per heavy atom. The molecule has 0 saturated heterocycles. The number of amides is 1. The average Bonchev–Trinajstić information content (AvgIpc) is 3.00. The number of nitrogens with one attached hydrogen (secondary N) is 1. The molecule has 6 heteroatoms. The topological polar surface area (TPSA) is 75.1 Å². The lowest BCUT2D eigenvalue weighted by Gasteiger charge is -2.09. The number of anilines is 1. The zero-order valence-electron chi connectivity index (χ0n) is 10.9. The highest BCUT2D eigenvalue weighted by Gasteiger charge is 2.11. The van der Waals surface area contributed by atoms with Crippen LogP contribution in [0, 0.1) is 11.8 Å². The van der Waals surface area contributed by atoms with Crippen LogP contribution in [0.2, 0.25) is 0 Å². The Kier molecular flexibility index (Phi) is 4.82. The van der Waals surface area contributed by atoms with Gasteiger partial charge >= 0.3 is 0 Å². The van der Waals surface area contributed by atoms with Gasteiger partial charge < -0.3 is 10.4 Å². The highest BCUT2D eigenvalue weighted by atomic mass is 32.1. The molecule has 0 radical (unpaired) electrons. The highest BCUT2D eigenvalue weighted by molar-refractivity contribution is 7.03. The Balaban J connectivity index is 2.21. The maximum absolute atomic E-state index is 11.9. The van der Waals surface area contributed by atoms with Gasteiger partial charge in [0.25, 0.3) is 5.91 Å². The molecule has 0 aliphatic heterocycles. The van der Waals surface area contributed by atoms with E-state index in [4.69, 9.17) is 5.11 Å². The van der Waals surface area contributed by atoms with E-state index in [0.717, 1.165) is 34.8 Å². The first-order chi connectivity index (χ1) is 9.74. The Morgan fingerprint density at radius 3 is 3.00 bits per heavy atom. The van der Waals surface area contributed by atoms with Crippen molar-refractivity contribution in [1.82, 2.24) is 9.59 Å². The van der Waals surface area contributed by atoms with Gasteiger partial charge in [-0.1, -0.05) is 23.3 Å². The number of benzene rings is 1. The Hall–Kier alpha value is -2.23. The van der Waals surface area contributed by atoms with E-state index in [1.54, 1.807) is 17.5 Å². The number of carbonyl (C=O) groups is 1. The predicted octanol–water partition coefficient (Wildman–Crippen LogP) is 1.70. The molecule has 0 fully saturated rings. The summed E-state index contributed by atoms with van der Waals surface area (Å²) in [7, 11) is 0. The summed E-state index contributed by atoms with van der Waals surface area (Å²) in [4.78, 5) is 11.9. The number of hydrogen-bond donors (Lipinski definition) is 2. The monoisotopic (exact) mass is 287 g/mol. The van der Waals surface area contributed by atoms with Crippen molar-refractivity contribution in [1.29, 1.82) is 0 Å². The quantitative estimate of drug-likeness (QED) is 0.843. The second-order valence-corrected chi connectivity index (χ2v) is 4.54. The van der Waals surface area contributed by atoms with Crippen molar-refractivity contribution in [2.45, 2.75) is 13.3 Å². The third kappa shape index (κ3) is 3.41. The number of hydrogen-bond acceptors (Lipinski definition) is 5. The van der Waals surface area contributed by atoms with Gasteiger partial charge in [-0.25, -0.2) is 0 Å². The molecular formula is C14H13N3O2S. The van der Waals surface area contributed by atoms with E-state index in [-0.39, 0.29) is 12.5 Å². The lowest BCUT2D eigenvalue weighted by molar-refractivity contribution is 0.102. The summed E-state index contributed by atoms with van der Waals surface area (Å²) in [6.45, 7) is 1.83. The van der Waals surface area contributed by atoms with E-state index in [1.165, 1.54) is 0 Å². The Labute approximate surface area is 120 Å². The van der Waals surface area contributed by atoms with Crippen LogP contribution < -0.4 is 5.32 Å². The van der Waals surface area contributed by atoms with E-state index in [0.29, 0.717) is 5.69 Å². The third-order valence-corrected chi connectivity index (χ3v) is 3.14. The van der Waals surface area contributed by atoms with Crippen molar-refractivity contribution in [2.24, 2.45) is 0 Å². The molecule has 0 saturated carbocycles. The fourth-order valence-electron chi connectivity index (χ4n) is 1.68. The van der Waals surface area contributed by atoms with Gasteiger partial charge in [0.1, 0.15) is 6.61 Å². The van der Waals surface area contributed by atoms with Gasteiger partial charge in [0, 0.05) is 16.6 Å². The molecule has 2 N–H and O–H groups in total. The van der Waals surface area contributed by atoms with Crippen molar-refractivity contribution in [3.05, 3.63) is 40.4 Å². The van der Waals surface area contributed by atoms with E-state index >= 15 is 0 Å². The minimum atomic E-state index is -0.275. The van der Waals surface area contributed by atoms with Gasteiger partial charge in [0.05, 0.1) is 0 Å². The van der Waals surface area contributed by atoms with E-state index in [2.05, 4.69) is 26.7 Å². The Morgan fingerprint density at radius 2 is 2.35 bits per heavy atom. The molecule has 0 aliphatic rings. The summed E-state index contributed by atoms with van der Waals surface area (Å²) in [5.74, 6) is 5.17. The molecule has 5 nitrogen and oxygen atoms in total. The van der Waals surface area contributed by atoms with Gasteiger partial charge in [0.2, 0.25) is 0 Å². The molecule has 0 aliphatic carbocycles. The van der Waals surface area contributed by atoms with Crippen LogP contribution in [0.4, 0.5) is 5.69 Å². The number of aliphatic hydroxyl groups excluding tert-OH is 1. The van der Waals surface area contributed by atoms with Gasteiger partial charge in [-0.3, -0.25) is 4.79 Å². The van der Waals surface area contributed by atoms with Gasteiger partial charge in [-0.2, -0.15) is 0 Å². The van der Waals surface area contributed by atoms with Gasteiger partial charge in [-0.05, 0) is 41.7 Å². The maximum Gasteiger partial charge on any atom is 0.277 e. The van der Waals surface area contributed by atoms with E-state index < -0.39 is 0 Å². The first-order valence-corrected chi connectivity index (χ1v) is 6.89. The molecule has 2 rings (SSSR count). The molecule has 0 spiro atoms. The van der Waals surface area contributed by atoms with Crippen molar-refractivity contribution in [3.63, 3.8) is 0 Å². The number of nitrogens with zero attached hydrogens (tertiary/aromatic N) is 2. The smallest absolute Gasteiger partial charge is 0.277 e. The van der Waals surface area contributed by atoms with Crippen LogP contribution in [0.25, 0.3) is 0 Å². The zero-order chi connectivity index (χ0) is 14.4. The first-order valence-electron chi connectivity index (χ1n) is 6.05. The van der Waals surface area contributed by atoms with Crippen LogP contribution in [0.3, 0.4) is 0 Å². The SMILES string of the molecule is CCc1cc(C#CCO)ccc1NC(=O)c1csnn1. The lowest BCUT2D eigenvalue weighted by atomic mass is 10.1. The predicted molar refractivity (Wildman–Crippen MR) is 77.6 cm³/mol. The number of aromatic nitrogens is 2. The Bertz CT molecular complexity index is 657. The van der Waals surface area contributed by atoms with Crippen molar-refractivity contribution >= 4 is 23.1 Å². The number of aliphatic hydroxyl groups is 1. The molecule has 102 valence electrons. The molecule has 1 heterocycles. The summed E-state index contributed by atoms with van der Waals surface area (Å²) >= 11 is 1.14. The van der Waals surface area contributed by atoms with Crippen LogP contribution in [0.1, 0.15) is 28.5 Å². The summed E-state index contributed by atoms with van der Waals surface area (Å²) < 4.78 is 3.66. The second-order valence-electron chi connectivity index (χ2n) is 3.93. The third-order valence-electron chi connectivity index (χ3n) is 2.64. The summed E-state index contributed by atoms with van der Waals surface area (Å²) in [5, 5.41) is 16.8. The molecule has 1 amide bonds. The lowest BCUT2D eigenvalue weighted by Crippen LogP contribution is -2.13. The van der Waals surface area contributed by atoms with Crippen LogP contribution in [-0.4, -0.2) is 27.2 Å². The van der Waals surface area contributed by atoms with Crippen LogP contribution >= 0.6 is 11.5 Å². The molecule has 1 aromatic carbocycles. The van der Waals surface area contributed by atoms with Gasteiger partial charge in [0.15, 0.2) is 5.69 Å². The molecule has 0 bridgehead atoms. The van der Waals surface area contributed by atoms with Crippen molar-refractivity contribution in [3.8, 4) is 11.8 Å². The van der Waals surface area contributed by atoms with Gasteiger partial charge in [-0.15, -0.1) is 5.10 Å². The first kappa shape index (κ1) is 14.2. The summed E-state index contributed by atoms with van der Waals surface area (Å²) in [5.41, 5.74) is 2.83. The van der Waals surface area contributed by atoms with Crippen LogP contribution in [-0.2, 0) is 6.42 Å². The maximum atomic E-state index is 11.9. The number of aryl methyl sites for hydroxylation is 1. The average molecular weight is 287 g/mol. The number of carbonyl (C=O) groups excluding carboxylic acids is 1. The molecular weight excluding hydrogens is 274 g/mol. The molecule has 0 unspecified atom stereocenters. The minimum Gasteiger partial charge on any atom is -0.384 e. The number of rotatable bonds is 3. The highest BCUT2D eigenvalue weighted by Crippen LogP contribution is 2.19. The molecule has 0 atom stereocenters. The van der Waals surface area contributed by atoms with Crippen molar-refractivity contribution < 1.29 is 9.90 Å². The summed E-state index contributed by atoms with van der Waals surface area (Å²) in [6.07, 6.45) is 0.763. The minimum absolute atomic E-state index is 0.170. The van der Waals surface area contributed by atoms with E-state index in [9.17, 15) is 4.79 Å². The fourth-order valence-corrected chi connectivity index (χ4v) is 2.11. The van der Waals surface area contributed by atoms with Crippen LogP contribution in [0.5, 0.6) is 0 Å². The van der Waals surface area contributed by atoms with Crippen molar-refractivity contribution in [2.75, 3.05) is 11.9 Å². The fraction of sp³-hybridized carbons (Fsp3) is 0.214. The largest absolute Gasteiger partial charge is 0.384 e. The normalized spacial score (nSPS) is 9.70. The standard InChI is InChI=1S/C14H13N3O2S/c1-2-11-8-10(4-3-7-18)5-6-12(11)15-14(19)13-9-20-17-16-13/h5-6,8-9,18H,2,7H2,1H3,(H,15,19). The summed E-state index contributed by atoms with van der Waals surface area (Å²) in [6, 6.07) is 5.51. The second kappa shape index (κ2) is 6.80. The molecule has 2 aromatic rings. The zero-order valence-corrected chi connectivity index (χ0v) is 11.7. The molecule has 20 heavy (non-hydrogen) atoms. The van der Waals surface area contributed by atoms with Crippen LogP contribution in [0.15, 0.2) is 23.6 Å². The van der Waals surface area contributed by atoms with E-state index in [1.807, 2.05) is 13.0 Å².